The highest BCUT2D eigenvalue weighted by Gasteiger charge is 2.11. The van der Waals surface area contributed by atoms with E-state index >= 15 is 0 Å². The Balaban J connectivity index is 0.000000438. The van der Waals surface area contributed by atoms with Gasteiger partial charge in [0.2, 0.25) is 0 Å². The summed E-state index contributed by atoms with van der Waals surface area (Å²) in [7, 11) is 4.90. The molecule has 0 unspecified atom stereocenters. The molecular formula is C20H20N2O7. The zero-order chi connectivity index (χ0) is 21.4. The topological polar surface area (TPSA) is 128 Å². The molecule has 0 aliphatic heterocycles. The second-order valence-electron chi connectivity index (χ2n) is 5.68. The number of ether oxygens (including phenoxy) is 3. The zero-order valence-electron chi connectivity index (χ0n) is 16.1. The predicted octanol–water partition coefficient (Wildman–Crippen LogP) is 2.40. The molecule has 0 saturated heterocycles. The molecule has 1 heterocycles. The Labute approximate surface area is 166 Å². The van der Waals surface area contributed by atoms with Gasteiger partial charge in [-0.3, -0.25) is 0 Å². The second kappa shape index (κ2) is 9.88. The summed E-state index contributed by atoms with van der Waals surface area (Å²) in [6, 6.07) is 11.8. The summed E-state index contributed by atoms with van der Waals surface area (Å²) in [4.78, 5) is 27.0. The molecule has 0 bridgehead atoms. The molecule has 0 radical (unpaired) electrons. The molecule has 2 N–H and O–H groups in total. The third kappa shape index (κ3) is 5.55. The number of hydrogen-bond acceptors (Lipinski definition) is 7. The first-order valence-electron chi connectivity index (χ1n) is 8.34. The van der Waals surface area contributed by atoms with Crippen molar-refractivity contribution in [3.05, 3.63) is 54.0 Å². The van der Waals surface area contributed by atoms with Gasteiger partial charge in [0.15, 0.2) is 11.5 Å². The van der Waals surface area contributed by atoms with E-state index < -0.39 is 11.9 Å². The number of carbonyl (C=O) groups is 2. The van der Waals surface area contributed by atoms with E-state index in [2.05, 4.69) is 9.97 Å². The Bertz CT molecular complexity index is 992. The van der Waals surface area contributed by atoms with Crippen LogP contribution in [0.15, 0.2) is 42.7 Å². The molecule has 0 spiro atoms. The van der Waals surface area contributed by atoms with E-state index in [-0.39, 0.29) is 0 Å². The minimum atomic E-state index is -1.82. The van der Waals surface area contributed by atoms with Crippen molar-refractivity contribution >= 4 is 22.8 Å². The van der Waals surface area contributed by atoms with Crippen molar-refractivity contribution < 1.29 is 34.0 Å². The summed E-state index contributed by atoms with van der Waals surface area (Å²) < 4.78 is 15.9. The standard InChI is InChI=1S/C18H18N2O3.C2H2O4/c1-21-13-6-4-12(5-7-13)8-15-14-9-17(22-2)18(23-3)10-16(14)20-11-19-15;3-1(4)2(5)6/h4-7,9-11H,8H2,1-3H3;(H,3,4)(H,5,6). The quantitative estimate of drug-likeness (QED) is 0.620. The normalized spacial score (nSPS) is 9.90. The highest BCUT2D eigenvalue weighted by atomic mass is 16.5. The van der Waals surface area contributed by atoms with Crippen molar-refractivity contribution in [1.82, 2.24) is 9.97 Å². The molecule has 9 nitrogen and oxygen atoms in total. The largest absolute Gasteiger partial charge is 0.497 e. The molecule has 2 aromatic carbocycles. The number of rotatable bonds is 5. The van der Waals surface area contributed by atoms with Crippen LogP contribution in [0.5, 0.6) is 17.2 Å². The number of hydrogen-bond donors (Lipinski definition) is 2. The van der Waals surface area contributed by atoms with E-state index in [1.807, 2.05) is 36.4 Å². The maximum absolute atomic E-state index is 9.10. The van der Waals surface area contributed by atoms with Crippen LogP contribution in [0.2, 0.25) is 0 Å². The molecule has 9 heteroatoms. The number of fused-ring (bicyclic) bond motifs is 1. The molecule has 0 amide bonds. The van der Waals surface area contributed by atoms with Crippen molar-refractivity contribution in [2.24, 2.45) is 0 Å². The first-order valence-corrected chi connectivity index (χ1v) is 8.34. The summed E-state index contributed by atoms with van der Waals surface area (Å²) in [6.07, 6.45) is 2.28. The SMILES string of the molecule is COc1ccc(Cc2ncnc3cc(OC)c(OC)cc23)cc1.O=C(O)C(=O)O. The summed E-state index contributed by atoms with van der Waals surface area (Å²) in [6.45, 7) is 0. The summed E-state index contributed by atoms with van der Waals surface area (Å²) >= 11 is 0. The third-order valence-corrected chi connectivity index (χ3v) is 3.94. The van der Waals surface area contributed by atoms with E-state index in [1.54, 1.807) is 27.7 Å². The summed E-state index contributed by atoms with van der Waals surface area (Å²) in [5.74, 6) is -1.47. The molecule has 0 aliphatic rings. The van der Waals surface area contributed by atoms with E-state index in [9.17, 15) is 0 Å². The van der Waals surface area contributed by atoms with Gasteiger partial charge in [-0.05, 0) is 23.8 Å². The predicted molar refractivity (Wildman–Crippen MR) is 104 cm³/mol. The van der Waals surface area contributed by atoms with Gasteiger partial charge in [0.1, 0.15) is 12.1 Å². The smallest absolute Gasteiger partial charge is 0.414 e. The van der Waals surface area contributed by atoms with Crippen LogP contribution in [0.25, 0.3) is 10.9 Å². The molecular weight excluding hydrogens is 380 g/mol. The summed E-state index contributed by atoms with van der Waals surface area (Å²) in [5, 5.41) is 15.7. The van der Waals surface area contributed by atoms with Crippen LogP contribution in [-0.2, 0) is 16.0 Å². The van der Waals surface area contributed by atoms with Crippen LogP contribution in [0.4, 0.5) is 0 Å². The lowest BCUT2D eigenvalue weighted by atomic mass is 10.1. The molecule has 0 fully saturated rings. The van der Waals surface area contributed by atoms with Crippen molar-refractivity contribution in [2.75, 3.05) is 21.3 Å². The fourth-order valence-corrected chi connectivity index (χ4v) is 2.51. The number of carboxylic acids is 2. The molecule has 1 aromatic heterocycles. The van der Waals surface area contributed by atoms with Crippen LogP contribution in [0, 0.1) is 0 Å². The first kappa shape index (κ1) is 21.4. The van der Waals surface area contributed by atoms with Crippen molar-refractivity contribution in [3.8, 4) is 17.2 Å². The molecule has 3 aromatic rings. The number of aromatic nitrogens is 2. The van der Waals surface area contributed by atoms with Crippen LogP contribution in [0.1, 0.15) is 11.3 Å². The molecule has 0 atom stereocenters. The van der Waals surface area contributed by atoms with Crippen LogP contribution in [-0.4, -0.2) is 53.4 Å². The van der Waals surface area contributed by atoms with E-state index in [0.29, 0.717) is 17.9 Å². The lowest BCUT2D eigenvalue weighted by molar-refractivity contribution is -0.159. The van der Waals surface area contributed by atoms with Gasteiger partial charge in [-0.25, -0.2) is 19.6 Å². The van der Waals surface area contributed by atoms with Crippen LogP contribution >= 0.6 is 0 Å². The zero-order valence-corrected chi connectivity index (χ0v) is 16.1. The number of carboxylic acid groups (broad SMARTS) is 2. The Morgan fingerprint density at radius 2 is 1.45 bits per heavy atom. The maximum Gasteiger partial charge on any atom is 0.414 e. The fourth-order valence-electron chi connectivity index (χ4n) is 2.51. The van der Waals surface area contributed by atoms with Gasteiger partial charge in [-0.1, -0.05) is 12.1 Å². The van der Waals surface area contributed by atoms with Gasteiger partial charge in [0.05, 0.1) is 32.5 Å². The van der Waals surface area contributed by atoms with Gasteiger partial charge in [0, 0.05) is 17.9 Å². The number of methoxy groups -OCH3 is 3. The monoisotopic (exact) mass is 400 g/mol. The molecule has 29 heavy (non-hydrogen) atoms. The Hall–Kier alpha value is -3.88. The first-order chi connectivity index (χ1) is 13.9. The molecule has 0 aliphatic carbocycles. The van der Waals surface area contributed by atoms with Gasteiger partial charge in [-0.2, -0.15) is 0 Å². The number of nitrogens with zero attached hydrogens (tertiary/aromatic N) is 2. The lowest BCUT2D eigenvalue weighted by Gasteiger charge is -2.11. The minimum Gasteiger partial charge on any atom is -0.497 e. The van der Waals surface area contributed by atoms with E-state index in [4.69, 9.17) is 34.0 Å². The third-order valence-electron chi connectivity index (χ3n) is 3.94. The minimum absolute atomic E-state index is 0.661. The lowest BCUT2D eigenvalue weighted by Crippen LogP contribution is -2.09. The molecule has 152 valence electrons. The fraction of sp³-hybridized carbons (Fsp3) is 0.200. The van der Waals surface area contributed by atoms with Gasteiger partial charge < -0.3 is 24.4 Å². The maximum atomic E-state index is 9.10. The van der Waals surface area contributed by atoms with Gasteiger partial charge in [0.25, 0.3) is 0 Å². The number of benzene rings is 2. The Morgan fingerprint density at radius 3 is 1.97 bits per heavy atom. The highest BCUT2D eigenvalue weighted by molar-refractivity contribution is 6.27. The van der Waals surface area contributed by atoms with Crippen molar-refractivity contribution in [3.63, 3.8) is 0 Å². The van der Waals surface area contributed by atoms with Crippen molar-refractivity contribution in [2.45, 2.75) is 6.42 Å². The van der Waals surface area contributed by atoms with Gasteiger partial charge in [-0.15, -0.1) is 0 Å². The second-order valence-corrected chi connectivity index (χ2v) is 5.68. The van der Waals surface area contributed by atoms with Crippen LogP contribution < -0.4 is 14.2 Å². The molecule has 3 rings (SSSR count). The average molecular weight is 400 g/mol. The molecule has 0 saturated carbocycles. The van der Waals surface area contributed by atoms with E-state index in [1.165, 1.54) is 0 Å². The Morgan fingerprint density at radius 1 is 0.862 bits per heavy atom. The average Bonchev–Trinajstić information content (AvgIpc) is 2.73. The van der Waals surface area contributed by atoms with Crippen molar-refractivity contribution in [1.29, 1.82) is 0 Å². The summed E-state index contributed by atoms with van der Waals surface area (Å²) in [5.41, 5.74) is 2.93. The van der Waals surface area contributed by atoms with Crippen LogP contribution in [0.3, 0.4) is 0 Å². The van der Waals surface area contributed by atoms with Gasteiger partial charge >= 0.3 is 11.9 Å². The van der Waals surface area contributed by atoms with E-state index in [0.717, 1.165) is 27.9 Å². The highest BCUT2D eigenvalue weighted by Crippen LogP contribution is 2.32. The number of aliphatic carboxylic acids is 2. The Kier molecular flexibility index (Phi) is 7.30.